The largest absolute Gasteiger partial charge is 0.383 e. The number of Topliss-reactive ketones (excluding diaryl/α,β-unsaturated/α-hetero) is 1. The zero-order valence-electron chi connectivity index (χ0n) is 4.87. The number of ketones is 1. The van der Waals surface area contributed by atoms with Gasteiger partial charge in [-0.25, -0.2) is 0 Å². The minimum Gasteiger partial charge on any atom is -0.383 e. The van der Waals surface area contributed by atoms with Gasteiger partial charge in [-0.05, 0) is 0 Å². The van der Waals surface area contributed by atoms with E-state index in [1.807, 2.05) is 0 Å². The van der Waals surface area contributed by atoms with Gasteiger partial charge in [0.05, 0.1) is 6.61 Å². The molecule has 0 aromatic rings. The highest BCUT2D eigenvalue weighted by molar-refractivity contribution is 5.84. The molecule has 0 aromatic carbocycles. The van der Waals surface area contributed by atoms with E-state index in [9.17, 15) is 4.79 Å². The number of hydrogen-bond donors (Lipinski definition) is 1. The van der Waals surface area contributed by atoms with Gasteiger partial charge in [-0.1, -0.05) is 0 Å². The van der Waals surface area contributed by atoms with Gasteiger partial charge in [0, 0.05) is 0 Å². The van der Waals surface area contributed by atoms with Crippen LogP contribution in [0.1, 0.15) is 0 Å². The highest BCUT2D eigenvalue weighted by Crippen LogP contribution is 1.94. The first-order chi connectivity index (χ1) is 4.30. The van der Waals surface area contributed by atoms with Crippen LogP contribution in [0.3, 0.4) is 0 Å². The Morgan fingerprint density at radius 1 is 1.56 bits per heavy atom. The predicted octanol–water partition coefficient (Wildman–Crippen LogP) is -1.08. The van der Waals surface area contributed by atoms with E-state index in [1.165, 1.54) is 0 Å². The Balaban J connectivity index is 2.41. The summed E-state index contributed by atoms with van der Waals surface area (Å²) in [5.74, 6) is -0.312. The number of carbonyl (C=O) groups is 1. The first-order valence-electron chi connectivity index (χ1n) is 2.67. The van der Waals surface area contributed by atoms with E-state index >= 15 is 0 Å². The minimum absolute atomic E-state index is 0.0405. The molecule has 1 fully saturated rings. The fourth-order valence-corrected chi connectivity index (χ4v) is 0.550. The van der Waals surface area contributed by atoms with E-state index in [0.717, 1.165) is 0 Å². The highest BCUT2D eigenvalue weighted by atomic mass is 16.7. The summed E-state index contributed by atoms with van der Waals surface area (Å²) in [4.78, 5) is 10.6. The van der Waals surface area contributed by atoms with E-state index in [4.69, 9.17) is 5.11 Å². The topological polar surface area (TPSA) is 55.8 Å². The smallest absolute Gasteiger partial charge is 0.189 e. The van der Waals surface area contributed by atoms with Gasteiger partial charge in [-0.2, -0.15) is 0 Å². The summed E-state index contributed by atoms with van der Waals surface area (Å²) in [5.41, 5.74) is 0. The number of ether oxygens (including phenoxy) is 2. The Morgan fingerprint density at radius 3 is 3.11 bits per heavy atom. The highest BCUT2D eigenvalue weighted by Gasteiger charge is 2.17. The third-order valence-corrected chi connectivity index (χ3v) is 1.06. The summed E-state index contributed by atoms with van der Waals surface area (Å²) in [7, 11) is 0. The van der Waals surface area contributed by atoms with Crippen LogP contribution in [-0.2, 0) is 14.3 Å². The van der Waals surface area contributed by atoms with Crippen molar-refractivity contribution in [2.75, 3.05) is 20.0 Å². The Hall–Kier alpha value is -0.450. The van der Waals surface area contributed by atoms with E-state index in [2.05, 4.69) is 9.47 Å². The van der Waals surface area contributed by atoms with Crippen molar-refractivity contribution < 1.29 is 19.4 Å². The molecule has 1 rings (SSSR count). The lowest BCUT2D eigenvalue weighted by molar-refractivity contribution is -0.129. The van der Waals surface area contributed by atoms with Crippen LogP contribution in [0.4, 0.5) is 0 Å². The minimum atomic E-state index is -0.993. The third-order valence-electron chi connectivity index (χ3n) is 1.06. The van der Waals surface area contributed by atoms with Crippen LogP contribution >= 0.6 is 0 Å². The van der Waals surface area contributed by atoms with Crippen molar-refractivity contribution in [2.45, 2.75) is 6.10 Å². The molecule has 52 valence electrons. The van der Waals surface area contributed by atoms with Crippen molar-refractivity contribution in [1.82, 2.24) is 0 Å². The second-order valence-electron chi connectivity index (χ2n) is 1.82. The zero-order chi connectivity index (χ0) is 6.69. The molecule has 1 unspecified atom stereocenters. The quantitative estimate of drug-likeness (QED) is 0.455. The fraction of sp³-hybridized carbons (Fsp3) is 0.800. The monoisotopic (exact) mass is 132 g/mol. The van der Waals surface area contributed by atoms with Gasteiger partial charge in [0.1, 0.15) is 19.5 Å². The molecule has 0 aromatic heterocycles. The van der Waals surface area contributed by atoms with Crippen LogP contribution in [0.25, 0.3) is 0 Å². The van der Waals surface area contributed by atoms with Crippen LogP contribution in [0.5, 0.6) is 0 Å². The van der Waals surface area contributed by atoms with Gasteiger partial charge in [0.25, 0.3) is 0 Å². The molecular weight excluding hydrogens is 124 g/mol. The van der Waals surface area contributed by atoms with E-state index in [-0.39, 0.29) is 25.8 Å². The molecule has 1 saturated heterocycles. The van der Waals surface area contributed by atoms with Crippen molar-refractivity contribution in [3.05, 3.63) is 0 Å². The number of aliphatic hydroxyl groups is 1. The fourth-order valence-electron chi connectivity index (χ4n) is 0.550. The van der Waals surface area contributed by atoms with Crippen LogP contribution in [0, 0.1) is 0 Å². The number of aliphatic hydroxyl groups excluding tert-OH is 1. The Kier molecular flexibility index (Phi) is 2.16. The molecule has 0 amide bonds. The summed E-state index contributed by atoms with van der Waals surface area (Å²) in [6, 6.07) is 0. The third kappa shape index (κ3) is 1.74. The molecule has 1 atom stereocenters. The van der Waals surface area contributed by atoms with Crippen LogP contribution in [0.15, 0.2) is 0 Å². The zero-order valence-corrected chi connectivity index (χ0v) is 4.87. The molecule has 9 heavy (non-hydrogen) atoms. The molecule has 0 spiro atoms. The van der Waals surface area contributed by atoms with Crippen LogP contribution in [-0.4, -0.2) is 37.0 Å². The van der Waals surface area contributed by atoms with Crippen molar-refractivity contribution in [3.8, 4) is 0 Å². The summed E-state index contributed by atoms with van der Waals surface area (Å²) in [6.07, 6.45) is -0.993. The maximum absolute atomic E-state index is 10.6. The van der Waals surface area contributed by atoms with E-state index < -0.39 is 6.10 Å². The van der Waals surface area contributed by atoms with Gasteiger partial charge < -0.3 is 14.6 Å². The second-order valence-corrected chi connectivity index (χ2v) is 1.82. The average molecular weight is 132 g/mol. The summed E-state index contributed by atoms with van der Waals surface area (Å²) in [6.45, 7) is 0.114. The molecular formula is C5H8O4. The molecule has 0 saturated carbocycles. The maximum Gasteiger partial charge on any atom is 0.189 e. The lowest BCUT2D eigenvalue weighted by atomic mass is 10.3. The standard InChI is InChI=1S/C5H8O4/c6-4-1-8-3-9-2-5(4)7/h4,6H,1-3H2. The Bertz CT molecular complexity index is 112. The number of carbonyl (C=O) groups excluding carboxylic acids is 1. The lowest BCUT2D eigenvalue weighted by Crippen LogP contribution is -2.25. The molecule has 4 nitrogen and oxygen atoms in total. The molecule has 4 heteroatoms. The predicted molar refractivity (Wildman–Crippen MR) is 27.8 cm³/mol. The van der Waals surface area contributed by atoms with E-state index in [0.29, 0.717) is 0 Å². The molecule has 0 bridgehead atoms. The molecule has 0 aliphatic carbocycles. The summed E-state index contributed by atoms with van der Waals surface area (Å²) < 4.78 is 9.33. The van der Waals surface area contributed by atoms with E-state index in [1.54, 1.807) is 0 Å². The molecule has 1 aliphatic heterocycles. The number of rotatable bonds is 0. The molecule has 1 heterocycles. The Labute approximate surface area is 52.4 Å². The van der Waals surface area contributed by atoms with Crippen molar-refractivity contribution in [2.24, 2.45) is 0 Å². The van der Waals surface area contributed by atoms with Crippen molar-refractivity contribution >= 4 is 5.78 Å². The molecule has 1 aliphatic rings. The number of hydrogen-bond acceptors (Lipinski definition) is 4. The lowest BCUT2D eigenvalue weighted by Gasteiger charge is -2.00. The summed E-state index contributed by atoms with van der Waals surface area (Å²) in [5, 5.41) is 8.80. The first kappa shape index (κ1) is 6.67. The van der Waals surface area contributed by atoms with Gasteiger partial charge in [0.15, 0.2) is 5.78 Å². The van der Waals surface area contributed by atoms with Gasteiger partial charge in [-0.15, -0.1) is 0 Å². The van der Waals surface area contributed by atoms with Gasteiger partial charge in [-0.3, -0.25) is 4.79 Å². The normalized spacial score (nSPS) is 29.9. The second kappa shape index (κ2) is 2.91. The first-order valence-corrected chi connectivity index (χ1v) is 2.67. The SMILES string of the molecule is O=C1COCOCC1O. The van der Waals surface area contributed by atoms with Crippen LogP contribution in [0.2, 0.25) is 0 Å². The van der Waals surface area contributed by atoms with Gasteiger partial charge >= 0.3 is 0 Å². The Morgan fingerprint density at radius 2 is 2.33 bits per heavy atom. The van der Waals surface area contributed by atoms with Crippen molar-refractivity contribution in [1.29, 1.82) is 0 Å². The summed E-state index contributed by atoms with van der Waals surface area (Å²) >= 11 is 0. The maximum atomic E-state index is 10.6. The van der Waals surface area contributed by atoms with Crippen LogP contribution < -0.4 is 0 Å². The van der Waals surface area contributed by atoms with Crippen molar-refractivity contribution in [3.63, 3.8) is 0 Å². The van der Waals surface area contributed by atoms with Gasteiger partial charge in [0.2, 0.25) is 0 Å². The molecule has 0 radical (unpaired) electrons. The molecule has 1 N–H and O–H groups in total. The average Bonchev–Trinajstić information content (AvgIpc) is 1.99.